The molecule has 0 spiro atoms. The lowest BCUT2D eigenvalue weighted by Crippen LogP contribution is -2.20. The third-order valence-electron chi connectivity index (χ3n) is 2.46. The van der Waals surface area contributed by atoms with E-state index in [1.165, 1.54) is 15.0 Å². The average molecular weight is 205 g/mol. The van der Waals surface area contributed by atoms with Crippen molar-refractivity contribution in [2.75, 3.05) is 0 Å². The molecule has 74 valence electrons. The number of rotatable bonds is 3. The zero-order chi connectivity index (χ0) is 9.97. The second-order valence-electron chi connectivity index (χ2n) is 3.62. The molecule has 2 N–H and O–H groups in total. The number of hydrogen-bond acceptors (Lipinski definition) is 2. The molecule has 0 fully saturated rings. The summed E-state index contributed by atoms with van der Waals surface area (Å²) in [7, 11) is 0. The van der Waals surface area contributed by atoms with Crippen LogP contribution >= 0.6 is 11.3 Å². The van der Waals surface area contributed by atoms with Gasteiger partial charge in [-0.05, 0) is 30.4 Å². The van der Waals surface area contributed by atoms with Crippen LogP contribution in [-0.2, 0) is 6.42 Å². The van der Waals surface area contributed by atoms with Crippen molar-refractivity contribution in [1.82, 2.24) is 0 Å². The first kappa shape index (κ1) is 9.69. The van der Waals surface area contributed by atoms with E-state index in [0.717, 1.165) is 12.8 Å². The molecule has 1 aromatic heterocycles. The topological polar surface area (TPSA) is 26.0 Å². The normalized spacial score (nSPS) is 13.3. The maximum atomic E-state index is 5.93. The summed E-state index contributed by atoms with van der Waals surface area (Å²) in [5.74, 6) is 0. The number of hydrogen-bond donors (Lipinski definition) is 1. The number of thiophene rings is 1. The molecular weight excluding hydrogens is 190 g/mol. The van der Waals surface area contributed by atoms with Gasteiger partial charge in [-0.2, -0.15) is 0 Å². The fourth-order valence-electron chi connectivity index (χ4n) is 1.54. The molecule has 1 heterocycles. The minimum Gasteiger partial charge on any atom is -0.327 e. The predicted octanol–water partition coefficient (Wildman–Crippen LogP) is 3.18. The average Bonchev–Trinajstić information content (AvgIpc) is 2.59. The predicted molar refractivity (Wildman–Crippen MR) is 63.8 cm³/mol. The van der Waals surface area contributed by atoms with E-state index in [2.05, 4.69) is 37.3 Å². The van der Waals surface area contributed by atoms with E-state index in [0.29, 0.717) is 6.04 Å². The van der Waals surface area contributed by atoms with Crippen molar-refractivity contribution >= 4 is 21.4 Å². The van der Waals surface area contributed by atoms with Crippen LogP contribution in [0.4, 0.5) is 0 Å². The lowest BCUT2D eigenvalue weighted by molar-refractivity contribution is 0.652. The van der Waals surface area contributed by atoms with Crippen LogP contribution in [0, 0.1) is 0 Å². The molecule has 1 atom stereocenters. The van der Waals surface area contributed by atoms with Gasteiger partial charge in [0, 0.05) is 15.6 Å². The van der Waals surface area contributed by atoms with Crippen LogP contribution in [0.3, 0.4) is 0 Å². The van der Waals surface area contributed by atoms with Crippen LogP contribution in [0.25, 0.3) is 10.1 Å². The van der Waals surface area contributed by atoms with Gasteiger partial charge in [0.1, 0.15) is 0 Å². The number of fused-ring (bicyclic) bond motifs is 1. The molecule has 1 aromatic carbocycles. The van der Waals surface area contributed by atoms with Gasteiger partial charge in [0.25, 0.3) is 0 Å². The Kier molecular flexibility index (Phi) is 2.85. The largest absolute Gasteiger partial charge is 0.327 e. The maximum Gasteiger partial charge on any atom is 0.0345 e. The monoisotopic (exact) mass is 205 g/mol. The molecule has 0 aliphatic carbocycles. The lowest BCUT2D eigenvalue weighted by atomic mass is 10.1. The van der Waals surface area contributed by atoms with Gasteiger partial charge in [-0.3, -0.25) is 0 Å². The highest BCUT2D eigenvalue weighted by Crippen LogP contribution is 2.26. The van der Waals surface area contributed by atoms with Crippen LogP contribution in [0.5, 0.6) is 0 Å². The molecule has 14 heavy (non-hydrogen) atoms. The van der Waals surface area contributed by atoms with Crippen LogP contribution in [-0.4, -0.2) is 6.04 Å². The van der Waals surface area contributed by atoms with Gasteiger partial charge in [-0.25, -0.2) is 0 Å². The fraction of sp³-hybridized carbons (Fsp3) is 0.333. The Labute approximate surface area is 88.6 Å². The van der Waals surface area contributed by atoms with Crippen molar-refractivity contribution in [3.8, 4) is 0 Å². The third kappa shape index (κ3) is 1.97. The smallest absolute Gasteiger partial charge is 0.0345 e. The van der Waals surface area contributed by atoms with E-state index in [4.69, 9.17) is 5.73 Å². The van der Waals surface area contributed by atoms with Crippen LogP contribution in [0.15, 0.2) is 30.3 Å². The van der Waals surface area contributed by atoms with E-state index >= 15 is 0 Å². The van der Waals surface area contributed by atoms with Crippen molar-refractivity contribution in [2.24, 2.45) is 5.73 Å². The van der Waals surface area contributed by atoms with Crippen molar-refractivity contribution in [3.05, 3.63) is 35.2 Å². The number of benzene rings is 1. The molecule has 0 bridgehead atoms. The van der Waals surface area contributed by atoms with Crippen LogP contribution < -0.4 is 5.73 Å². The molecule has 1 nitrogen and oxygen atoms in total. The molecule has 0 aliphatic heterocycles. The minimum atomic E-state index is 0.308. The molecule has 2 aromatic rings. The summed E-state index contributed by atoms with van der Waals surface area (Å²) in [5, 5.41) is 1.34. The molecule has 0 saturated heterocycles. The quantitative estimate of drug-likeness (QED) is 0.818. The highest BCUT2D eigenvalue weighted by atomic mass is 32.1. The summed E-state index contributed by atoms with van der Waals surface area (Å²) in [5.41, 5.74) is 5.93. The van der Waals surface area contributed by atoms with Gasteiger partial charge in [-0.15, -0.1) is 11.3 Å². The molecule has 0 amide bonds. The highest BCUT2D eigenvalue weighted by Gasteiger charge is 2.04. The number of nitrogens with two attached hydrogens (primary N) is 1. The molecule has 1 unspecified atom stereocenters. The maximum absolute atomic E-state index is 5.93. The van der Waals surface area contributed by atoms with Gasteiger partial charge in [-0.1, -0.05) is 25.1 Å². The van der Waals surface area contributed by atoms with Gasteiger partial charge >= 0.3 is 0 Å². The van der Waals surface area contributed by atoms with E-state index < -0.39 is 0 Å². The van der Waals surface area contributed by atoms with Crippen molar-refractivity contribution in [1.29, 1.82) is 0 Å². The first-order valence-electron chi connectivity index (χ1n) is 5.02. The van der Waals surface area contributed by atoms with Gasteiger partial charge in [0.05, 0.1) is 0 Å². The molecule has 0 radical (unpaired) electrons. The standard InChI is InChI=1S/C12H15NS/c1-2-10(13)8-11-7-9-5-3-4-6-12(9)14-11/h3-7,10H,2,8,13H2,1H3. The first-order chi connectivity index (χ1) is 6.79. The molecule has 2 rings (SSSR count). The zero-order valence-corrected chi connectivity index (χ0v) is 9.18. The van der Waals surface area contributed by atoms with E-state index in [1.807, 2.05) is 11.3 Å². The van der Waals surface area contributed by atoms with Crippen LogP contribution in [0.1, 0.15) is 18.2 Å². The SMILES string of the molecule is CCC(N)Cc1cc2ccccc2s1. The molecule has 0 saturated carbocycles. The summed E-state index contributed by atoms with van der Waals surface area (Å²) >= 11 is 1.86. The van der Waals surface area contributed by atoms with Crippen molar-refractivity contribution in [2.45, 2.75) is 25.8 Å². The molecular formula is C12H15NS. The Balaban J connectivity index is 2.27. The molecule has 2 heteroatoms. The minimum absolute atomic E-state index is 0.308. The van der Waals surface area contributed by atoms with Gasteiger partial charge < -0.3 is 5.73 Å². The molecule has 0 aliphatic rings. The van der Waals surface area contributed by atoms with E-state index in [1.54, 1.807) is 0 Å². The second kappa shape index (κ2) is 4.11. The lowest BCUT2D eigenvalue weighted by Gasteiger charge is -2.04. The van der Waals surface area contributed by atoms with Crippen LogP contribution in [0.2, 0.25) is 0 Å². The Bertz CT molecular complexity index is 386. The van der Waals surface area contributed by atoms with Crippen molar-refractivity contribution < 1.29 is 0 Å². The Morgan fingerprint density at radius 1 is 1.36 bits per heavy atom. The Morgan fingerprint density at radius 3 is 2.86 bits per heavy atom. The van der Waals surface area contributed by atoms with E-state index in [9.17, 15) is 0 Å². The second-order valence-corrected chi connectivity index (χ2v) is 4.79. The zero-order valence-electron chi connectivity index (χ0n) is 8.36. The summed E-state index contributed by atoms with van der Waals surface area (Å²) in [6, 6.07) is 11.1. The van der Waals surface area contributed by atoms with Crippen molar-refractivity contribution in [3.63, 3.8) is 0 Å². The third-order valence-corrected chi connectivity index (χ3v) is 3.60. The summed E-state index contributed by atoms with van der Waals surface area (Å²) in [4.78, 5) is 1.40. The Morgan fingerprint density at radius 2 is 2.14 bits per heavy atom. The Hall–Kier alpha value is -0.860. The highest BCUT2D eigenvalue weighted by molar-refractivity contribution is 7.19. The van der Waals surface area contributed by atoms with E-state index in [-0.39, 0.29) is 0 Å². The summed E-state index contributed by atoms with van der Waals surface area (Å²) in [6.45, 7) is 2.14. The van der Waals surface area contributed by atoms with Gasteiger partial charge in [0.2, 0.25) is 0 Å². The fourth-order valence-corrected chi connectivity index (χ4v) is 2.70. The summed E-state index contributed by atoms with van der Waals surface area (Å²) in [6.07, 6.45) is 2.06. The summed E-state index contributed by atoms with van der Waals surface area (Å²) < 4.78 is 1.37. The first-order valence-corrected chi connectivity index (χ1v) is 5.84. The van der Waals surface area contributed by atoms with Gasteiger partial charge in [0.15, 0.2) is 0 Å².